The van der Waals surface area contributed by atoms with Crippen molar-refractivity contribution in [2.45, 2.75) is 6.18 Å². The molecule has 104 valence electrons. The highest BCUT2D eigenvalue weighted by Crippen LogP contribution is 2.32. The van der Waals surface area contributed by atoms with Gasteiger partial charge in [-0.3, -0.25) is 5.43 Å². The zero-order chi connectivity index (χ0) is 14.6. The molecule has 0 unspecified atom stereocenters. The van der Waals surface area contributed by atoms with Crippen LogP contribution in [0, 0.1) is 0 Å². The summed E-state index contributed by atoms with van der Waals surface area (Å²) in [7, 11) is 0. The molecule has 1 aromatic heterocycles. The highest BCUT2D eigenvalue weighted by molar-refractivity contribution is 6.32. The topological polar surface area (TPSA) is 37.3 Å². The molecule has 7 heteroatoms. The number of pyridine rings is 1. The fourth-order valence-electron chi connectivity index (χ4n) is 1.38. The van der Waals surface area contributed by atoms with Crippen LogP contribution in [0.4, 0.5) is 19.0 Å². The molecule has 2 aromatic rings. The van der Waals surface area contributed by atoms with Crippen LogP contribution in [-0.2, 0) is 6.18 Å². The number of benzene rings is 1. The Morgan fingerprint density at radius 2 is 1.90 bits per heavy atom. The summed E-state index contributed by atoms with van der Waals surface area (Å²) in [5.41, 5.74) is 2.43. The molecular weight excluding hydrogens is 291 g/mol. The number of halogens is 4. The Bertz CT molecular complexity index is 612. The lowest BCUT2D eigenvalue weighted by Crippen LogP contribution is -2.06. The predicted octanol–water partition coefficient (Wildman–Crippen LogP) is 4.20. The van der Waals surface area contributed by atoms with Gasteiger partial charge in [0.25, 0.3) is 0 Å². The summed E-state index contributed by atoms with van der Waals surface area (Å²) in [6.07, 6.45) is -2.26. The van der Waals surface area contributed by atoms with Crippen molar-refractivity contribution in [1.29, 1.82) is 0 Å². The summed E-state index contributed by atoms with van der Waals surface area (Å²) in [4.78, 5) is 3.60. The van der Waals surface area contributed by atoms with Crippen molar-refractivity contribution < 1.29 is 13.2 Å². The second kappa shape index (κ2) is 5.92. The van der Waals surface area contributed by atoms with E-state index in [1.54, 1.807) is 0 Å². The molecule has 0 fully saturated rings. The SMILES string of the molecule is FC(F)(F)c1cnc(NN=Cc2ccccc2)c(Cl)c1. The van der Waals surface area contributed by atoms with Crippen molar-refractivity contribution in [3.63, 3.8) is 0 Å². The summed E-state index contributed by atoms with van der Waals surface area (Å²) in [6.45, 7) is 0. The van der Waals surface area contributed by atoms with Crippen LogP contribution in [0.2, 0.25) is 5.02 Å². The summed E-state index contributed by atoms with van der Waals surface area (Å²) < 4.78 is 37.3. The summed E-state index contributed by atoms with van der Waals surface area (Å²) in [5, 5.41) is 3.71. The molecule has 1 N–H and O–H groups in total. The van der Waals surface area contributed by atoms with Gasteiger partial charge in [0.05, 0.1) is 16.8 Å². The minimum atomic E-state index is -4.47. The number of hydrogen-bond donors (Lipinski definition) is 1. The Labute approximate surface area is 118 Å². The fraction of sp³-hybridized carbons (Fsp3) is 0.0769. The Hall–Kier alpha value is -2.08. The maximum atomic E-state index is 12.4. The first-order chi connectivity index (χ1) is 9.47. The molecule has 2 rings (SSSR count). The molecular formula is C13H9ClF3N3. The number of anilines is 1. The highest BCUT2D eigenvalue weighted by atomic mass is 35.5. The monoisotopic (exact) mass is 299 g/mol. The molecule has 20 heavy (non-hydrogen) atoms. The Morgan fingerprint density at radius 1 is 1.20 bits per heavy atom. The van der Waals surface area contributed by atoms with Gasteiger partial charge in [0.2, 0.25) is 0 Å². The molecule has 0 saturated heterocycles. The lowest BCUT2D eigenvalue weighted by molar-refractivity contribution is -0.137. The van der Waals surface area contributed by atoms with Gasteiger partial charge in [-0.05, 0) is 11.6 Å². The van der Waals surface area contributed by atoms with E-state index in [0.717, 1.165) is 11.6 Å². The number of hydrogen-bond acceptors (Lipinski definition) is 3. The molecule has 0 saturated carbocycles. The zero-order valence-corrected chi connectivity index (χ0v) is 10.8. The molecule has 0 spiro atoms. The van der Waals surface area contributed by atoms with E-state index in [0.29, 0.717) is 6.20 Å². The first-order valence-electron chi connectivity index (χ1n) is 5.53. The molecule has 1 heterocycles. The van der Waals surface area contributed by atoms with Gasteiger partial charge in [0, 0.05) is 6.20 Å². The highest BCUT2D eigenvalue weighted by Gasteiger charge is 2.31. The molecule has 0 aliphatic heterocycles. The second-order valence-corrected chi connectivity index (χ2v) is 4.24. The third-order valence-corrected chi connectivity index (χ3v) is 2.64. The average Bonchev–Trinajstić information content (AvgIpc) is 2.40. The van der Waals surface area contributed by atoms with Crippen LogP contribution < -0.4 is 5.43 Å². The van der Waals surface area contributed by atoms with E-state index in [-0.39, 0.29) is 10.8 Å². The van der Waals surface area contributed by atoms with Gasteiger partial charge >= 0.3 is 6.18 Å². The van der Waals surface area contributed by atoms with Gasteiger partial charge in [0.1, 0.15) is 0 Å². The van der Waals surface area contributed by atoms with Gasteiger partial charge in [0.15, 0.2) is 5.82 Å². The Kier molecular flexibility index (Phi) is 4.24. The molecule has 0 atom stereocenters. The second-order valence-electron chi connectivity index (χ2n) is 3.83. The van der Waals surface area contributed by atoms with Crippen molar-refractivity contribution in [2.24, 2.45) is 5.10 Å². The van der Waals surface area contributed by atoms with Crippen molar-refractivity contribution in [3.05, 3.63) is 58.7 Å². The van der Waals surface area contributed by atoms with Crippen molar-refractivity contribution in [2.75, 3.05) is 5.43 Å². The summed E-state index contributed by atoms with van der Waals surface area (Å²) in [5.74, 6) is 0.0619. The third kappa shape index (κ3) is 3.71. The van der Waals surface area contributed by atoms with E-state index in [4.69, 9.17) is 11.6 Å². The molecule has 0 aliphatic rings. The number of aromatic nitrogens is 1. The fourth-order valence-corrected chi connectivity index (χ4v) is 1.59. The first-order valence-corrected chi connectivity index (χ1v) is 5.91. The van der Waals surface area contributed by atoms with Crippen LogP contribution >= 0.6 is 11.6 Å². The number of alkyl halides is 3. The zero-order valence-electron chi connectivity index (χ0n) is 10.0. The van der Waals surface area contributed by atoms with E-state index in [1.807, 2.05) is 30.3 Å². The average molecular weight is 300 g/mol. The standard InChI is InChI=1S/C13H9ClF3N3/c14-11-6-10(13(15,16)17)8-18-12(11)20-19-7-9-4-2-1-3-5-9/h1-8H,(H,18,20). The maximum Gasteiger partial charge on any atom is 0.417 e. The molecule has 0 radical (unpaired) electrons. The number of nitrogens with one attached hydrogen (secondary N) is 1. The summed E-state index contributed by atoms with van der Waals surface area (Å²) >= 11 is 5.72. The van der Waals surface area contributed by atoms with E-state index < -0.39 is 11.7 Å². The van der Waals surface area contributed by atoms with Crippen LogP contribution in [-0.4, -0.2) is 11.2 Å². The number of hydrazone groups is 1. The van der Waals surface area contributed by atoms with E-state index in [2.05, 4.69) is 15.5 Å². The van der Waals surface area contributed by atoms with Crippen LogP contribution in [0.15, 0.2) is 47.7 Å². The lowest BCUT2D eigenvalue weighted by Gasteiger charge is -2.08. The smallest absolute Gasteiger partial charge is 0.260 e. The minimum Gasteiger partial charge on any atom is -0.260 e. The van der Waals surface area contributed by atoms with Crippen LogP contribution in [0.5, 0.6) is 0 Å². The van der Waals surface area contributed by atoms with Gasteiger partial charge in [-0.25, -0.2) is 4.98 Å². The predicted molar refractivity (Wildman–Crippen MR) is 71.9 cm³/mol. The molecule has 3 nitrogen and oxygen atoms in total. The normalized spacial score (nSPS) is 11.8. The number of nitrogens with zero attached hydrogens (tertiary/aromatic N) is 2. The van der Waals surface area contributed by atoms with Crippen LogP contribution in [0.1, 0.15) is 11.1 Å². The maximum absolute atomic E-state index is 12.4. The third-order valence-electron chi connectivity index (χ3n) is 2.35. The van der Waals surface area contributed by atoms with E-state index >= 15 is 0 Å². The van der Waals surface area contributed by atoms with Gasteiger partial charge in [-0.15, -0.1) is 0 Å². The van der Waals surface area contributed by atoms with E-state index in [9.17, 15) is 13.2 Å². The minimum absolute atomic E-state index is 0.0619. The molecule has 0 bridgehead atoms. The Morgan fingerprint density at radius 3 is 2.50 bits per heavy atom. The largest absolute Gasteiger partial charge is 0.417 e. The molecule has 0 aliphatic carbocycles. The lowest BCUT2D eigenvalue weighted by atomic mass is 10.2. The summed E-state index contributed by atoms with van der Waals surface area (Å²) in [6, 6.07) is 9.99. The van der Waals surface area contributed by atoms with Crippen molar-refractivity contribution >= 4 is 23.6 Å². The quantitative estimate of drug-likeness (QED) is 0.681. The van der Waals surface area contributed by atoms with Crippen LogP contribution in [0.3, 0.4) is 0 Å². The first kappa shape index (κ1) is 14.3. The van der Waals surface area contributed by atoms with Crippen LogP contribution in [0.25, 0.3) is 0 Å². The number of rotatable bonds is 3. The van der Waals surface area contributed by atoms with Crippen molar-refractivity contribution in [1.82, 2.24) is 4.98 Å². The molecule has 1 aromatic carbocycles. The van der Waals surface area contributed by atoms with Gasteiger partial charge in [-0.1, -0.05) is 41.9 Å². The molecule has 0 amide bonds. The van der Waals surface area contributed by atoms with E-state index in [1.165, 1.54) is 6.21 Å². The van der Waals surface area contributed by atoms with Gasteiger partial charge in [-0.2, -0.15) is 18.3 Å². The van der Waals surface area contributed by atoms with Crippen molar-refractivity contribution in [3.8, 4) is 0 Å². The van der Waals surface area contributed by atoms with Gasteiger partial charge < -0.3 is 0 Å². The Balaban J connectivity index is 2.09.